The fraction of sp³-hybridized carbons (Fsp3) is 0.150. The van der Waals surface area contributed by atoms with Gasteiger partial charge in [-0.25, -0.2) is 31.9 Å². The number of hydrogen-bond acceptors (Lipinski definition) is 7. The number of urea groups is 1. The smallest absolute Gasteiger partial charge is 0.348 e. The first-order valence-corrected chi connectivity index (χ1v) is 10.6. The number of carbonyl (C=O) groups excluding carboxylic acids is 1. The fourth-order valence-electron chi connectivity index (χ4n) is 3.22. The molecule has 1 atom stereocenters. The summed E-state index contributed by atoms with van der Waals surface area (Å²) in [4.78, 5) is 21.3. The summed E-state index contributed by atoms with van der Waals surface area (Å²) < 4.78 is 66.8. The van der Waals surface area contributed by atoms with Crippen LogP contribution in [-0.4, -0.2) is 38.6 Å². The van der Waals surface area contributed by atoms with Gasteiger partial charge >= 0.3 is 6.03 Å². The molecule has 0 N–H and O–H groups in total. The van der Waals surface area contributed by atoms with Crippen LogP contribution in [0.5, 0.6) is 11.6 Å². The number of anilines is 2. The molecule has 1 aliphatic rings. The molecule has 1 aromatic carbocycles. The highest BCUT2D eigenvalue weighted by Crippen LogP contribution is 2.41. The largest absolute Gasteiger partial charge is 0.491 e. The van der Waals surface area contributed by atoms with E-state index in [1.807, 2.05) is 0 Å². The summed E-state index contributed by atoms with van der Waals surface area (Å²) in [7, 11) is -1.89. The zero-order valence-electron chi connectivity index (χ0n) is 16.8. The van der Waals surface area contributed by atoms with E-state index in [4.69, 9.17) is 9.47 Å². The topological polar surface area (TPSA) is 102 Å². The summed E-state index contributed by atoms with van der Waals surface area (Å²) >= 11 is 0. The number of amides is 2. The lowest BCUT2D eigenvalue weighted by Gasteiger charge is -2.36. The third kappa shape index (κ3) is 3.28. The molecule has 0 radical (unpaired) electrons. The van der Waals surface area contributed by atoms with Gasteiger partial charge in [0.05, 0.1) is 14.2 Å². The van der Waals surface area contributed by atoms with Crippen LogP contribution >= 0.6 is 0 Å². The van der Waals surface area contributed by atoms with E-state index in [0.29, 0.717) is 9.21 Å². The van der Waals surface area contributed by atoms with Gasteiger partial charge in [0.25, 0.3) is 15.9 Å². The minimum Gasteiger partial charge on any atom is -0.491 e. The maximum absolute atomic E-state index is 15.6. The summed E-state index contributed by atoms with van der Waals surface area (Å²) in [5.74, 6) is -1.65. The molecule has 32 heavy (non-hydrogen) atoms. The fourth-order valence-corrected chi connectivity index (χ4v) is 4.69. The number of fused-ring (bicyclic) bond motifs is 1. The van der Waals surface area contributed by atoms with E-state index in [1.165, 1.54) is 56.8 Å². The van der Waals surface area contributed by atoms with Crippen molar-refractivity contribution in [3.63, 3.8) is 0 Å². The summed E-state index contributed by atoms with van der Waals surface area (Å²) in [5, 5.41) is 0. The van der Waals surface area contributed by atoms with Crippen molar-refractivity contribution in [2.24, 2.45) is 0 Å². The number of ether oxygens (including phenoxy) is 2. The molecule has 0 saturated carbocycles. The van der Waals surface area contributed by atoms with Crippen LogP contribution < -0.4 is 18.7 Å². The minimum atomic E-state index is -4.53. The lowest BCUT2D eigenvalue weighted by molar-refractivity contribution is 0.238. The van der Waals surface area contributed by atoms with E-state index < -0.39 is 44.4 Å². The predicted octanol–water partition coefficient (Wildman–Crippen LogP) is 3.44. The molecule has 3 heterocycles. The average Bonchev–Trinajstić information content (AvgIpc) is 2.79. The van der Waals surface area contributed by atoms with Crippen molar-refractivity contribution >= 4 is 27.7 Å². The van der Waals surface area contributed by atoms with Crippen LogP contribution in [0.15, 0.2) is 59.6 Å². The highest BCUT2D eigenvalue weighted by Gasteiger charge is 2.47. The Morgan fingerprint density at radius 3 is 2.47 bits per heavy atom. The zero-order valence-corrected chi connectivity index (χ0v) is 17.6. The first-order chi connectivity index (χ1) is 15.3. The van der Waals surface area contributed by atoms with Crippen LogP contribution in [0, 0.1) is 5.82 Å². The van der Waals surface area contributed by atoms with Gasteiger partial charge in [0.15, 0.2) is 17.4 Å². The summed E-state index contributed by atoms with van der Waals surface area (Å²) in [6.07, 6.45) is -1.16. The van der Waals surface area contributed by atoms with Gasteiger partial charge in [0.2, 0.25) is 6.30 Å². The Morgan fingerprint density at radius 1 is 1.03 bits per heavy atom. The van der Waals surface area contributed by atoms with Crippen LogP contribution in [0.4, 0.5) is 25.2 Å². The second-order valence-electron chi connectivity index (χ2n) is 6.49. The van der Waals surface area contributed by atoms with Gasteiger partial charge in [-0.1, -0.05) is 18.2 Å². The first kappa shape index (κ1) is 21.4. The zero-order chi connectivity index (χ0) is 23.0. The van der Waals surface area contributed by atoms with Gasteiger partial charge in [0.1, 0.15) is 10.7 Å². The van der Waals surface area contributed by atoms with E-state index in [9.17, 15) is 17.6 Å². The summed E-state index contributed by atoms with van der Waals surface area (Å²) in [6.45, 7) is 0. The van der Waals surface area contributed by atoms with E-state index in [-0.39, 0.29) is 17.4 Å². The molecule has 166 valence electrons. The number of nitrogens with zero attached hydrogens (tertiary/aromatic N) is 4. The quantitative estimate of drug-likeness (QED) is 0.535. The first-order valence-electron chi connectivity index (χ1n) is 9.12. The van der Waals surface area contributed by atoms with E-state index >= 15 is 4.39 Å². The number of rotatable bonds is 5. The molecule has 2 aromatic heterocycles. The van der Waals surface area contributed by atoms with Crippen molar-refractivity contribution in [1.29, 1.82) is 0 Å². The molecule has 1 unspecified atom stereocenters. The second-order valence-corrected chi connectivity index (χ2v) is 8.24. The number of alkyl halides is 1. The molecule has 1 aliphatic heterocycles. The normalized spacial score (nSPS) is 15.8. The Hall–Kier alpha value is -3.80. The molecule has 0 spiro atoms. The monoisotopic (exact) mass is 462 g/mol. The van der Waals surface area contributed by atoms with Gasteiger partial charge in [-0.15, -0.1) is 0 Å². The van der Waals surface area contributed by atoms with Crippen LogP contribution in [0.2, 0.25) is 0 Å². The molecular formula is C20H16F2N4O5S. The minimum absolute atomic E-state index is 0.0950. The Balaban J connectivity index is 1.92. The number of methoxy groups -OCH3 is 2. The third-order valence-electron chi connectivity index (χ3n) is 4.70. The van der Waals surface area contributed by atoms with Crippen molar-refractivity contribution in [2.45, 2.75) is 11.2 Å². The van der Waals surface area contributed by atoms with E-state index in [2.05, 4.69) is 9.97 Å². The molecule has 9 nitrogen and oxygen atoms in total. The number of sulfonamides is 1. The summed E-state index contributed by atoms with van der Waals surface area (Å²) in [5.41, 5.74) is -0.461. The molecule has 0 saturated heterocycles. The number of hydrogen-bond donors (Lipinski definition) is 0. The molecule has 12 heteroatoms. The van der Waals surface area contributed by atoms with Crippen LogP contribution in [0.1, 0.15) is 11.9 Å². The Morgan fingerprint density at radius 2 is 1.78 bits per heavy atom. The van der Waals surface area contributed by atoms with Crippen molar-refractivity contribution in [3.8, 4) is 11.6 Å². The van der Waals surface area contributed by atoms with Crippen molar-refractivity contribution in [2.75, 3.05) is 23.4 Å². The van der Waals surface area contributed by atoms with Gasteiger partial charge in [-0.05, 0) is 30.3 Å². The number of benzene rings is 1. The number of carbonyl (C=O) groups is 1. The molecule has 0 aliphatic carbocycles. The standard InChI is InChI=1S/C20H16F2N4O5S/c1-30-14-9-10-16(24-19(14)31-2)26-20(27)25(17(22)12-6-3-4-7-13(12)21)18-15(32(26,28)29)8-5-11-23-18/h3-11,17H,1-2H3. The van der Waals surface area contributed by atoms with Crippen molar-refractivity contribution in [3.05, 3.63) is 66.1 Å². The molecule has 4 rings (SSSR count). The lowest BCUT2D eigenvalue weighted by Crippen LogP contribution is -2.52. The number of halogens is 2. The Labute approximate surface area is 181 Å². The number of pyridine rings is 2. The van der Waals surface area contributed by atoms with Crippen molar-refractivity contribution < 1.29 is 31.5 Å². The van der Waals surface area contributed by atoms with Gasteiger partial charge in [0, 0.05) is 11.8 Å². The van der Waals surface area contributed by atoms with Crippen LogP contribution in [0.25, 0.3) is 0 Å². The molecule has 2 amide bonds. The molecular weight excluding hydrogens is 446 g/mol. The second kappa shape index (κ2) is 8.04. The average molecular weight is 462 g/mol. The maximum Gasteiger partial charge on any atom is 0.348 e. The SMILES string of the molecule is COc1ccc(N2C(=O)N(C(F)c3ccccc3F)c3ncccc3S2(=O)=O)nc1OC. The number of aromatic nitrogens is 2. The Kier molecular flexibility index (Phi) is 5.38. The van der Waals surface area contributed by atoms with Crippen LogP contribution in [0.3, 0.4) is 0 Å². The molecule has 3 aromatic rings. The highest BCUT2D eigenvalue weighted by molar-refractivity contribution is 7.94. The third-order valence-corrected chi connectivity index (χ3v) is 6.40. The predicted molar refractivity (Wildman–Crippen MR) is 109 cm³/mol. The summed E-state index contributed by atoms with van der Waals surface area (Å²) in [6, 6.07) is 8.64. The maximum atomic E-state index is 15.6. The van der Waals surface area contributed by atoms with E-state index in [1.54, 1.807) is 0 Å². The lowest BCUT2D eigenvalue weighted by atomic mass is 10.2. The van der Waals surface area contributed by atoms with E-state index in [0.717, 1.165) is 12.1 Å². The van der Waals surface area contributed by atoms with Gasteiger partial charge < -0.3 is 9.47 Å². The van der Waals surface area contributed by atoms with Crippen LogP contribution in [-0.2, 0) is 10.0 Å². The van der Waals surface area contributed by atoms with Crippen molar-refractivity contribution in [1.82, 2.24) is 9.97 Å². The highest BCUT2D eigenvalue weighted by atomic mass is 32.2. The molecule has 0 bridgehead atoms. The Bertz CT molecular complexity index is 1300. The van der Waals surface area contributed by atoms with Gasteiger partial charge in [-0.2, -0.15) is 9.29 Å². The molecule has 0 fully saturated rings. The van der Waals surface area contributed by atoms with Gasteiger partial charge in [-0.3, -0.25) is 0 Å².